The third-order valence-corrected chi connectivity index (χ3v) is 7.96. The van der Waals surface area contributed by atoms with Crippen LogP contribution >= 0.6 is 10.4 Å². The van der Waals surface area contributed by atoms with Crippen LogP contribution < -0.4 is 0 Å². The molecule has 0 spiro atoms. The molecule has 29 heavy (non-hydrogen) atoms. The van der Waals surface area contributed by atoms with Gasteiger partial charge in [0, 0.05) is 14.7 Å². The first-order valence-electron chi connectivity index (χ1n) is 9.85. The second-order valence-corrected chi connectivity index (χ2v) is 9.96. The van der Waals surface area contributed by atoms with E-state index in [0.717, 1.165) is 32.2 Å². The minimum absolute atomic E-state index is 0.738. The molecule has 0 aromatic heterocycles. The number of hydrogen-bond acceptors (Lipinski definition) is 0. The van der Waals surface area contributed by atoms with Gasteiger partial charge in [-0.3, -0.25) is 0 Å². The second-order valence-electron chi connectivity index (χ2n) is 7.47. The summed E-state index contributed by atoms with van der Waals surface area (Å²) in [6.45, 7) is 4.06. The Kier molecular flexibility index (Phi) is 5.55. The minimum atomic E-state index is -2.80. The van der Waals surface area contributed by atoms with Crippen molar-refractivity contribution in [3.63, 3.8) is 0 Å². The van der Waals surface area contributed by atoms with Crippen LogP contribution in [0.3, 0.4) is 0 Å². The Hall–Kier alpha value is -2.84. The van der Waals surface area contributed by atoms with E-state index < -0.39 is 10.4 Å². The van der Waals surface area contributed by atoms with Crippen LogP contribution in [0, 0.1) is 13.8 Å². The molecule has 0 aliphatic heterocycles. The smallest absolute Gasteiger partial charge is 0.0263 e. The van der Waals surface area contributed by atoms with Gasteiger partial charge >= 0.3 is 0 Å². The highest BCUT2D eigenvalue weighted by Gasteiger charge is 2.31. The molecule has 4 aromatic rings. The highest BCUT2D eigenvalue weighted by molar-refractivity contribution is 8.29. The zero-order valence-electron chi connectivity index (χ0n) is 16.8. The molecule has 0 fully saturated rings. The van der Waals surface area contributed by atoms with Gasteiger partial charge in [0.1, 0.15) is 0 Å². The number of aryl methyl sites for hydroxylation is 2. The summed E-state index contributed by atoms with van der Waals surface area (Å²) in [5, 5.41) is 0. The van der Waals surface area contributed by atoms with Gasteiger partial charge in [0.15, 0.2) is 0 Å². The molecule has 0 aliphatic carbocycles. The van der Waals surface area contributed by atoms with Gasteiger partial charge in [-0.2, -0.15) is 3.89 Å². The fourth-order valence-electron chi connectivity index (χ4n) is 3.49. The van der Waals surface area contributed by atoms with Crippen molar-refractivity contribution >= 4 is 10.4 Å². The molecule has 0 nitrogen and oxygen atoms in total. The minimum Gasteiger partial charge on any atom is -0.175 e. The summed E-state index contributed by atoms with van der Waals surface area (Å²) in [4.78, 5) is 2.22. The summed E-state index contributed by atoms with van der Waals surface area (Å²) in [6, 6.07) is 34.1. The van der Waals surface area contributed by atoms with Crippen molar-refractivity contribution in [3.8, 4) is 0 Å². The van der Waals surface area contributed by atoms with Crippen molar-refractivity contribution in [1.29, 1.82) is 0 Å². The van der Waals surface area contributed by atoms with E-state index in [0.29, 0.717) is 0 Å². The molecule has 0 aliphatic rings. The van der Waals surface area contributed by atoms with Crippen molar-refractivity contribution in [2.45, 2.75) is 35.0 Å². The molecule has 146 valence electrons. The summed E-state index contributed by atoms with van der Waals surface area (Å²) in [7, 11) is -2.80. The summed E-state index contributed by atoms with van der Waals surface area (Å²) in [5.41, 5.74) is 4.72. The van der Waals surface area contributed by atoms with Gasteiger partial charge in [0.2, 0.25) is 0 Å². The summed E-state index contributed by atoms with van der Waals surface area (Å²) in [6.07, 6.45) is 0.852. The molecule has 0 amide bonds. The van der Waals surface area contributed by atoms with E-state index in [1.807, 2.05) is 80.6 Å². The summed E-state index contributed by atoms with van der Waals surface area (Å²) in [5.74, 6) is 0. The largest absolute Gasteiger partial charge is 0.175 e. The highest BCUT2D eigenvalue weighted by Crippen LogP contribution is 2.69. The Morgan fingerprint density at radius 2 is 0.897 bits per heavy atom. The molecule has 4 aromatic carbocycles. The highest BCUT2D eigenvalue weighted by atomic mass is 32.3. The zero-order valence-corrected chi connectivity index (χ0v) is 17.6. The molecule has 0 saturated heterocycles. The van der Waals surface area contributed by atoms with Gasteiger partial charge in [0.05, 0.1) is 0 Å². The monoisotopic (exact) mass is 400 g/mol. The molecule has 0 bridgehead atoms. The topological polar surface area (TPSA) is 0 Å². The lowest BCUT2D eigenvalue weighted by atomic mass is 10.1. The SMILES string of the molecule is Cc1ccc(S(F)(c2ccc(C)cc2)c2ccc(Cc3ccccc3)cc2)cc1. The van der Waals surface area contributed by atoms with Crippen molar-refractivity contribution in [1.82, 2.24) is 0 Å². The molecule has 0 heterocycles. The van der Waals surface area contributed by atoms with Crippen LogP contribution in [0.1, 0.15) is 22.3 Å². The van der Waals surface area contributed by atoms with E-state index >= 15 is 3.89 Å². The van der Waals surface area contributed by atoms with E-state index in [2.05, 4.69) is 36.4 Å². The standard InChI is InChI=1S/C27H25FS/c1-21-8-14-25(15-9-21)29(28,26-16-10-22(2)11-17-26)27-18-12-24(13-19-27)20-23-6-4-3-5-7-23/h3-19H,20H2,1-2H3. The average Bonchev–Trinajstić information content (AvgIpc) is 2.75. The van der Waals surface area contributed by atoms with Crippen LogP contribution in [0.4, 0.5) is 3.89 Å². The normalized spacial score (nSPS) is 12.0. The van der Waals surface area contributed by atoms with Gasteiger partial charge < -0.3 is 0 Å². The lowest BCUT2D eigenvalue weighted by Crippen LogP contribution is -1.99. The predicted molar refractivity (Wildman–Crippen MR) is 122 cm³/mol. The number of benzene rings is 4. The van der Waals surface area contributed by atoms with Crippen molar-refractivity contribution in [2.24, 2.45) is 0 Å². The van der Waals surface area contributed by atoms with E-state index in [4.69, 9.17) is 0 Å². The van der Waals surface area contributed by atoms with E-state index in [1.54, 1.807) is 0 Å². The van der Waals surface area contributed by atoms with Crippen LogP contribution in [-0.4, -0.2) is 0 Å². The number of rotatable bonds is 5. The Morgan fingerprint density at radius 3 is 1.34 bits per heavy atom. The van der Waals surface area contributed by atoms with Crippen LogP contribution in [0.5, 0.6) is 0 Å². The Morgan fingerprint density at radius 1 is 0.517 bits per heavy atom. The predicted octanol–water partition coefficient (Wildman–Crippen LogP) is 8.06. The molecule has 0 atom stereocenters. The molecule has 4 rings (SSSR count). The number of hydrogen-bond donors (Lipinski definition) is 0. The summed E-state index contributed by atoms with van der Waals surface area (Å²) >= 11 is 0. The van der Waals surface area contributed by atoms with Crippen molar-refractivity contribution in [2.75, 3.05) is 0 Å². The van der Waals surface area contributed by atoms with Gasteiger partial charge in [0.25, 0.3) is 0 Å². The zero-order chi connectivity index (χ0) is 20.3. The Labute approximate surface area is 174 Å². The van der Waals surface area contributed by atoms with Crippen LogP contribution in [0.25, 0.3) is 0 Å². The summed E-state index contributed by atoms with van der Waals surface area (Å²) < 4.78 is 16.9. The maximum atomic E-state index is 16.9. The van der Waals surface area contributed by atoms with Crippen LogP contribution in [0.2, 0.25) is 0 Å². The van der Waals surface area contributed by atoms with Crippen LogP contribution in [-0.2, 0) is 6.42 Å². The van der Waals surface area contributed by atoms with E-state index in [1.165, 1.54) is 11.1 Å². The quantitative estimate of drug-likeness (QED) is 0.318. The van der Waals surface area contributed by atoms with Crippen molar-refractivity contribution < 1.29 is 3.89 Å². The second kappa shape index (κ2) is 8.26. The third-order valence-electron chi connectivity index (χ3n) is 5.19. The van der Waals surface area contributed by atoms with Gasteiger partial charge in [-0.15, -0.1) is 0 Å². The third kappa shape index (κ3) is 4.13. The Bertz CT molecular complexity index is 1020. The number of halogens is 1. The first kappa shape index (κ1) is 19.5. The van der Waals surface area contributed by atoms with Gasteiger partial charge in [-0.05, 0) is 78.2 Å². The lowest BCUT2D eigenvalue weighted by molar-refractivity contribution is 0.869. The molecule has 0 N–H and O–H groups in total. The maximum Gasteiger partial charge on any atom is 0.0263 e. The van der Waals surface area contributed by atoms with Crippen LogP contribution in [0.15, 0.2) is 118 Å². The molecule has 2 heteroatoms. The van der Waals surface area contributed by atoms with Crippen molar-refractivity contribution in [3.05, 3.63) is 125 Å². The molecular formula is C27H25FS. The van der Waals surface area contributed by atoms with E-state index in [9.17, 15) is 0 Å². The maximum absolute atomic E-state index is 16.9. The Balaban J connectivity index is 1.75. The van der Waals surface area contributed by atoms with Gasteiger partial charge in [-0.25, -0.2) is 0 Å². The molecule has 0 unspecified atom stereocenters. The average molecular weight is 401 g/mol. The first-order valence-corrected chi connectivity index (χ1v) is 11.4. The fraction of sp³-hybridized carbons (Fsp3) is 0.111. The molecule has 0 radical (unpaired) electrons. The molecular weight excluding hydrogens is 375 g/mol. The lowest BCUT2D eigenvalue weighted by Gasteiger charge is -2.32. The first-order chi connectivity index (χ1) is 14.1. The van der Waals surface area contributed by atoms with Gasteiger partial charge in [-0.1, -0.05) is 77.9 Å². The molecule has 0 saturated carbocycles. The fourth-order valence-corrected chi connectivity index (χ4v) is 5.84. The van der Waals surface area contributed by atoms with E-state index in [-0.39, 0.29) is 0 Å².